The Balaban J connectivity index is 3.53. The standard InChI is InChI=1S/C8H16O4/c1-2-3-6(9)4-7(10)5-8(11)12/h6-7,9-10H,2-5H2,1H3,(H,11,12)/t6-,7-/m1/s1. The monoisotopic (exact) mass is 176 g/mol. The van der Waals surface area contributed by atoms with E-state index in [2.05, 4.69) is 0 Å². The fourth-order valence-electron chi connectivity index (χ4n) is 1.05. The van der Waals surface area contributed by atoms with Crippen molar-refractivity contribution >= 4 is 5.97 Å². The molecule has 0 spiro atoms. The molecule has 0 fully saturated rings. The first kappa shape index (κ1) is 11.4. The van der Waals surface area contributed by atoms with Gasteiger partial charge in [-0.05, 0) is 12.8 Å². The number of aliphatic hydroxyl groups is 2. The molecular formula is C8H16O4. The van der Waals surface area contributed by atoms with Gasteiger partial charge < -0.3 is 15.3 Å². The van der Waals surface area contributed by atoms with Crippen LogP contribution >= 0.6 is 0 Å². The zero-order valence-electron chi connectivity index (χ0n) is 7.23. The second-order valence-corrected chi connectivity index (χ2v) is 2.93. The maximum absolute atomic E-state index is 10.1. The van der Waals surface area contributed by atoms with Crippen molar-refractivity contribution < 1.29 is 20.1 Å². The number of hydrogen-bond donors (Lipinski definition) is 3. The number of carboxylic acids is 1. The molecule has 0 saturated heterocycles. The number of carboxylic acid groups (broad SMARTS) is 1. The number of rotatable bonds is 6. The lowest BCUT2D eigenvalue weighted by Gasteiger charge is -2.12. The van der Waals surface area contributed by atoms with E-state index in [-0.39, 0.29) is 12.8 Å². The Bertz CT molecular complexity index is 135. The van der Waals surface area contributed by atoms with E-state index in [0.717, 1.165) is 6.42 Å². The highest BCUT2D eigenvalue weighted by Gasteiger charge is 2.13. The van der Waals surface area contributed by atoms with E-state index < -0.39 is 18.2 Å². The maximum Gasteiger partial charge on any atom is 0.305 e. The molecule has 3 N–H and O–H groups in total. The summed E-state index contributed by atoms with van der Waals surface area (Å²) in [6, 6.07) is 0. The molecule has 0 saturated carbocycles. The van der Waals surface area contributed by atoms with Gasteiger partial charge in [-0.1, -0.05) is 13.3 Å². The van der Waals surface area contributed by atoms with Gasteiger partial charge in [-0.2, -0.15) is 0 Å². The van der Waals surface area contributed by atoms with Crippen LogP contribution in [0.2, 0.25) is 0 Å². The van der Waals surface area contributed by atoms with Gasteiger partial charge in [0.1, 0.15) is 0 Å². The first-order valence-corrected chi connectivity index (χ1v) is 4.14. The van der Waals surface area contributed by atoms with Crippen molar-refractivity contribution in [1.29, 1.82) is 0 Å². The predicted octanol–water partition coefficient (Wildman–Crippen LogP) is 0.373. The van der Waals surface area contributed by atoms with E-state index in [1.54, 1.807) is 0 Å². The van der Waals surface area contributed by atoms with Gasteiger partial charge in [0.2, 0.25) is 0 Å². The SMILES string of the molecule is CCC[C@@H](O)C[C@@H](O)CC(=O)O. The van der Waals surface area contributed by atoms with Crippen molar-refractivity contribution in [3.63, 3.8) is 0 Å². The van der Waals surface area contributed by atoms with Crippen LogP contribution in [0, 0.1) is 0 Å². The molecule has 72 valence electrons. The van der Waals surface area contributed by atoms with Gasteiger partial charge in [-0.3, -0.25) is 4.79 Å². The molecule has 0 unspecified atom stereocenters. The molecule has 0 radical (unpaired) electrons. The summed E-state index contributed by atoms with van der Waals surface area (Å²) in [4.78, 5) is 10.1. The maximum atomic E-state index is 10.1. The van der Waals surface area contributed by atoms with Gasteiger partial charge in [0.15, 0.2) is 0 Å². The summed E-state index contributed by atoms with van der Waals surface area (Å²) < 4.78 is 0. The number of aliphatic carboxylic acids is 1. The largest absolute Gasteiger partial charge is 0.481 e. The van der Waals surface area contributed by atoms with Gasteiger partial charge in [0.05, 0.1) is 18.6 Å². The van der Waals surface area contributed by atoms with Gasteiger partial charge in [0.25, 0.3) is 0 Å². The summed E-state index contributed by atoms with van der Waals surface area (Å²) in [5, 5.41) is 26.5. The molecule has 12 heavy (non-hydrogen) atoms. The lowest BCUT2D eigenvalue weighted by Crippen LogP contribution is -2.20. The van der Waals surface area contributed by atoms with Crippen LogP contribution < -0.4 is 0 Å². The molecule has 0 rings (SSSR count). The minimum atomic E-state index is -1.04. The molecule has 0 aliphatic rings. The third-order valence-corrected chi connectivity index (χ3v) is 1.58. The number of hydrogen-bond acceptors (Lipinski definition) is 3. The normalized spacial score (nSPS) is 15.6. The van der Waals surface area contributed by atoms with Crippen molar-refractivity contribution in [1.82, 2.24) is 0 Å². The first-order chi connectivity index (χ1) is 5.56. The van der Waals surface area contributed by atoms with Crippen molar-refractivity contribution in [3.05, 3.63) is 0 Å². The van der Waals surface area contributed by atoms with Crippen LogP contribution in [0.15, 0.2) is 0 Å². The Hall–Kier alpha value is -0.610. The first-order valence-electron chi connectivity index (χ1n) is 4.14. The van der Waals surface area contributed by atoms with Crippen LogP contribution in [0.1, 0.15) is 32.6 Å². The molecule has 0 aromatic rings. The predicted molar refractivity (Wildman–Crippen MR) is 43.8 cm³/mol. The highest BCUT2D eigenvalue weighted by Crippen LogP contribution is 2.07. The highest BCUT2D eigenvalue weighted by atomic mass is 16.4. The molecule has 0 aliphatic heterocycles. The van der Waals surface area contributed by atoms with Crippen LogP contribution in [0.5, 0.6) is 0 Å². The summed E-state index contributed by atoms with van der Waals surface area (Å²) in [5.74, 6) is -1.04. The van der Waals surface area contributed by atoms with E-state index in [1.165, 1.54) is 0 Å². The number of aliphatic hydroxyl groups excluding tert-OH is 2. The van der Waals surface area contributed by atoms with Crippen molar-refractivity contribution in [2.75, 3.05) is 0 Å². The molecule has 2 atom stereocenters. The molecule has 0 heterocycles. The minimum absolute atomic E-state index is 0.153. The third-order valence-electron chi connectivity index (χ3n) is 1.58. The highest BCUT2D eigenvalue weighted by molar-refractivity contribution is 5.67. The molecule has 0 aromatic carbocycles. The van der Waals surface area contributed by atoms with Gasteiger partial charge in [0, 0.05) is 0 Å². The number of carbonyl (C=O) groups is 1. The van der Waals surface area contributed by atoms with Crippen LogP contribution in [0.25, 0.3) is 0 Å². The zero-order valence-corrected chi connectivity index (χ0v) is 7.23. The molecule has 4 heteroatoms. The van der Waals surface area contributed by atoms with Gasteiger partial charge in [-0.15, -0.1) is 0 Å². The Morgan fingerprint density at radius 1 is 1.33 bits per heavy atom. The summed E-state index contributed by atoms with van der Waals surface area (Å²) in [7, 11) is 0. The average Bonchev–Trinajstić information content (AvgIpc) is 1.84. The second kappa shape index (κ2) is 5.97. The lowest BCUT2D eigenvalue weighted by atomic mass is 10.1. The van der Waals surface area contributed by atoms with Crippen molar-refractivity contribution in [2.45, 2.75) is 44.8 Å². The quantitative estimate of drug-likeness (QED) is 0.546. The van der Waals surface area contributed by atoms with Crippen molar-refractivity contribution in [3.8, 4) is 0 Å². The van der Waals surface area contributed by atoms with Crippen molar-refractivity contribution in [2.24, 2.45) is 0 Å². The summed E-state index contributed by atoms with van der Waals surface area (Å²) in [6.45, 7) is 1.92. The topological polar surface area (TPSA) is 77.8 Å². The van der Waals surface area contributed by atoms with Crippen LogP contribution in [0.4, 0.5) is 0 Å². The minimum Gasteiger partial charge on any atom is -0.481 e. The fourth-order valence-corrected chi connectivity index (χ4v) is 1.05. The van der Waals surface area contributed by atoms with E-state index in [1.807, 2.05) is 6.92 Å². The van der Waals surface area contributed by atoms with E-state index >= 15 is 0 Å². The second-order valence-electron chi connectivity index (χ2n) is 2.93. The Morgan fingerprint density at radius 3 is 2.33 bits per heavy atom. The Labute approximate surface area is 71.8 Å². The lowest BCUT2D eigenvalue weighted by molar-refractivity contribution is -0.139. The van der Waals surface area contributed by atoms with E-state index in [9.17, 15) is 9.90 Å². The van der Waals surface area contributed by atoms with Crippen LogP contribution in [0.3, 0.4) is 0 Å². The van der Waals surface area contributed by atoms with Crippen LogP contribution in [-0.4, -0.2) is 33.5 Å². The van der Waals surface area contributed by atoms with E-state index in [4.69, 9.17) is 10.2 Å². The zero-order chi connectivity index (χ0) is 9.56. The van der Waals surface area contributed by atoms with Crippen LogP contribution in [-0.2, 0) is 4.79 Å². The molecule has 0 aliphatic carbocycles. The molecule has 4 nitrogen and oxygen atoms in total. The smallest absolute Gasteiger partial charge is 0.305 e. The van der Waals surface area contributed by atoms with Gasteiger partial charge >= 0.3 is 5.97 Å². The average molecular weight is 176 g/mol. The Morgan fingerprint density at radius 2 is 1.92 bits per heavy atom. The molecule has 0 amide bonds. The van der Waals surface area contributed by atoms with Gasteiger partial charge in [-0.25, -0.2) is 0 Å². The third kappa shape index (κ3) is 6.12. The van der Waals surface area contributed by atoms with E-state index in [0.29, 0.717) is 6.42 Å². The summed E-state index contributed by atoms with van der Waals surface area (Å²) in [6.07, 6.45) is -0.202. The molecule has 0 aromatic heterocycles. The fraction of sp³-hybridized carbons (Fsp3) is 0.875. The Kier molecular flexibility index (Phi) is 5.66. The molecule has 0 bridgehead atoms. The molecular weight excluding hydrogens is 160 g/mol. The summed E-state index contributed by atoms with van der Waals surface area (Å²) in [5.41, 5.74) is 0. The summed E-state index contributed by atoms with van der Waals surface area (Å²) >= 11 is 0.